The molecule has 3 aromatic rings. The molecule has 0 saturated heterocycles. The molecule has 27 heavy (non-hydrogen) atoms. The van der Waals surface area contributed by atoms with Crippen LogP contribution in [0.15, 0.2) is 66.9 Å². The van der Waals surface area contributed by atoms with Gasteiger partial charge in [0.05, 0.1) is 31.4 Å². The Morgan fingerprint density at radius 2 is 1.56 bits per heavy atom. The molecule has 0 amide bonds. The number of nitrogens with zero attached hydrogens (tertiary/aromatic N) is 2. The molecule has 7 nitrogen and oxygen atoms in total. The minimum atomic E-state index is -1.69. The van der Waals surface area contributed by atoms with Crippen molar-refractivity contribution in [2.24, 2.45) is 0 Å². The van der Waals surface area contributed by atoms with Gasteiger partial charge in [-0.25, -0.2) is 9.00 Å². The number of hydrogen-bond donors (Lipinski definition) is 1. The van der Waals surface area contributed by atoms with Crippen molar-refractivity contribution in [3.8, 4) is 5.69 Å². The number of halogens is 2. The predicted molar refractivity (Wildman–Crippen MR) is 104 cm³/mol. The zero-order valence-corrected chi connectivity index (χ0v) is 16.8. The molecular formula is C16H11Cl2N3O4S2. The van der Waals surface area contributed by atoms with E-state index < -0.39 is 32.8 Å². The summed E-state index contributed by atoms with van der Waals surface area (Å²) in [6, 6.07) is 9.15. The van der Waals surface area contributed by atoms with Crippen molar-refractivity contribution >= 4 is 44.8 Å². The van der Waals surface area contributed by atoms with Crippen LogP contribution in [0.25, 0.3) is 5.69 Å². The number of H-pyrrole nitrogens is 1. The van der Waals surface area contributed by atoms with Crippen LogP contribution >= 0.6 is 23.2 Å². The molecule has 2 unspecified atom stereocenters. The van der Waals surface area contributed by atoms with E-state index in [0.717, 1.165) is 10.9 Å². The van der Waals surface area contributed by atoms with Gasteiger partial charge in [0.1, 0.15) is 6.20 Å². The van der Waals surface area contributed by atoms with E-state index in [0.29, 0.717) is 9.79 Å². The van der Waals surface area contributed by atoms with Gasteiger partial charge < -0.3 is 0 Å². The summed E-state index contributed by atoms with van der Waals surface area (Å²) in [6.07, 6.45) is 2.49. The van der Waals surface area contributed by atoms with Crippen LogP contribution in [0.2, 0.25) is 10.0 Å². The molecule has 140 valence electrons. The number of aromatic amines is 1. The van der Waals surface area contributed by atoms with E-state index in [1.165, 1.54) is 12.1 Å². The van der Waals surface area contributed by atoms with Crippen LogP contribution < -0.4 is 11.2 Å². The number of rotatable bonds is 4. The molecule has 1 heterocycles. The highest BCUT2D eigenvalue weighted by atomic mass is 35.5. The largest absolute Gasteiger partial charge is 0.349 e. The van der Waals surface area contributed by atoms with Crippen LogP contribution in [0.1, 0.15) is 0 Å². The van der Waals surface area contributed by atoms with E-state index in [9.17, 15) is 18.0 Å². The molecule has 0 fully saturated rings. The van der Waals surface area contributed by atoms with Crippen LogP contribution in [-0.2, 0) is 21.6 Å². The summed E-state index contributed by atoms with van der Waals surface area (Å²) in [4.78, 5) is 26.3. The van der Waals surface area contributed by atoms with Crippen LogP contribution in [0.5, 0.6) is 0 Å². The van der Waals surface area contributed by atoms with Crippen molar-refractivity contribution in [2.75, 3.05) is 6.26 Å². The van der Waals surface area contributed by atoms with E-state index >= 15 is 0 Å². The van der Waals surface area contributed by atoms with Gasteiger partial charge in [0.15, 0.2) is 0 Å². The molecule has 1 aromatic heterocycles. The van der Waals surface area contributed by atoms with Gasteiger partial charge in [-0.1, -0.05) is 23.2 Å². The summed E-state index contributed by atoms with van der Waals surface area (Å²) in [5.74, 6) is 0. The molecule has 0 saturated carbocycles. The average Bonchev–Trinajstić information content (AvgIpc) is 2.61. The van der Waals surface area contributed by atoms with Crippen molar-refractivity contribution in [1.29, 1.82) is 0 Å². The summed E-state index contributed by atoms with van der Waals surface area (Å²) in [5.41, 5.74) is -1.18. The highest BCUT2D eigenvalue weighted by Gasteiger charge is 2.18. The van der Waals surface area contributed by atoms with Crippen LogP contribution in [0.3, 0.4) is 0 Å². The zero-order chi connectivity index (χ0) is 19.7. The topological polar surface area (TPSA) is 102 Å². The Balaban J connectivity index is 2.04. The monoisotopic (exact) mass is 443 g/mol. The van der Waals surface area contributed by atoms with Crippen LogP contribution in [-0.4, -0.2) is 29.4 Å². The lowest BCUT2D eigenvalue weighted by Gasteiger charge is -2.11. The number of nitrogens with one attached hydrogen (secondary N) is 1. The maximum atomic E-state index is 12.9. The maximum absolute atomic E-state index is 12.9. The van der Waals surface area contributed by atoms with Crippen LogP contribution in [0.4, 0.5) is 0 Å². The molecule has 0 aliphatic rings. The molecule has 3 rings (SSSR count). The fourth-order valence-corrected chi connectivity index (χ4v) is 4.76. The molecule has 11 heteroatoms. The highest BCUT2D eigenvalue weighted by Crippen LogP contribution is 2.33. The van der Waals surface area contributed by atoms with Crippen molar-refractivity contribution < 1.29 is 8.42 Å². The second kappa shape index (κ2) is 7.89. The van der Waals surface area contributed by atoms with E-state index in [2.05, 4.69) is 10.1 Å². The molecule has 1 N–H and O–H groups in total. The minimum Gasteiger partial charge on any atom is -0.271 e. The molecular weight excluding hydrogens is 433 g/mol. The first-order valence-electron chi connectivity index (χ1n) is 7.31. The predicted octanol–water partition coefficient (Wildman–Crippen LogP) is 2.13. The fourth-order valence-electron chi connectivity index (χ4n) is 2.26. The van der Waals surface area contributed by atoms with Crippen LogP contribution in [0, 0.1) is 0 Å². The Hall–Kier alpha value is -2.07. The lowest BCUT2D eigenvalue weighted by Crippen LogP contribution is -2.30. The van der Waals surface area contributed by atoms with Gasteiger partial charge in [-0.15, -0.1) is 0 Å². The first-order valence-corrected chi connectivity index (χ1v) is 10.8. The molecule has 0 aliphatic heterocycles. The molecule has 0 bridgehead atoms. The molecule has 0 spiro atoms. The second-order valence-corrected chi connectivity index (χ2v) is 8.89. The third-order valence-electron chi connectivity index (χ3n) is 3.50. The lowest BCUT2D eigenvalue weighted by molar-refractivity contribution is 0.682. The standard InChI is InChI=1S/C16H11Cl2N3O4S2/c1-26(24)10-2-4-11(5-3-10)27(25)15-12(17)6-9(7-13(15)18)21-16(23)20-14(22)8-19-21/h2-8H,1H3,(H,20,22,23). The van der Waals surface area contributed by atoms with Crippen molar-refractivity contribution in [3.05, 3.63) is 73.5 Å². The van der Waals surface area contributed by atoms with Gasteiger partial charge >= 0.3 is 5.69 Å². The lowest BCUT2D eigenvalue weighted by atomic mass is 10.3. The van der Waals surface area contributed by atoms with E-state index in [1.807, 2.05) is 0 Å². The zero-order valence-electron chi connectivity index (χ0n) is 13.6. The van der Waals surface area contributed by atoms with E-state index in [4.69, 9.17) is 23.2 Å². The molecule has 2 aromatic carbocycles. The Morgan fingerprint density at radius 1 is 1.00 bits per heavy atom. The second-order valence-electron chi connectivity index (χ2n) is 5.28. The summed E-state index contributed by atoms with van der Waals surface area (Å²) >= 11 is 12.5. The average molecular weight is 444 g/mol. The number of hydrogen-bond acceptors (Lipinski definition) is 5. The molecule has 0 aliphatic carbocycles. The molecule has 0 radical (unpaired) electrons. The smallest absolute Gasteiger partial charge is 0.271 e. The normalized spacial score (nSPS) is 13.3. The van der Waals surface area contributed by atoms with Gasteiger partial charge in [0.25, 0.3) is 5.56 Å². The third kappa shape index (κ3) is 4.11. The van der Waals surface area contributed by atoms with Gasteiger partial charge in [-0.05, 0) is 36.4 Å². The van der Waals surface area contributed by atoms with Gasteiger partial charge in [0, 0.05) is 26.8 Å². The van der Waals surface area contributed by atoms with E-state index in [-0.39, 0.29) is 20.6 Å². The third-order valence-corrected chi connectivity index (χ3v) is 6.76. The Morgan fingerprint density at radius 3 is 2.07 bits per heavy atom. The summed E-state index contributed by atoms with van der Waals surface area (Å²) in [6.45, 7) is 0. The number of aromatic nitrogens is 3. The fraction of sp³-hybridized carbons (Fsp3) is 0.0625. The van der Waals surface area contributed by atoms with Gasteiger partial charge in [-0.2, -0.15) is 9.78 Å². The summed E-state index contributed by atoms with van der Waals surface area (Å²) in [7, 11) is -2.84. The quantitative estimate of drug-likeness (QED) is 0.665. The van der Waals surface area contributed by atoms with Gasteiger partial charge in [-0.3, -0.25) is 14.0 Å². The number of benzene rings is 2. The van der Waals surface area contributed by atoms with Crippen molar-refractivity contribution in [2.45, 2.75) is 14.7 Å². The molecule has 2 atom stereocenters. The van der Waals surface area contributed by atoms with E-state index in [1.54, 1.807) is 30.5 Å². The van der Waals surface area contributed by atoms with Crippen molar-refractivity contribution in [1.82, 2.24) is 14.8 Å². The Kier molecular flexibility index (Phi) is 5.75. The minimum absolute atomic E-state index is 0.0684. The summed E-state index contributed by atoms with van der Waals surface area (Å²) in [5, 5.41) is 3.86. The first-order chi connectivity index (χ1) is 12.8. The maximum Gasteiger partial charge on any atom is 0.349 e. The van der Waals surface area contributed by atoms with Crippen molar-refractivity contribution in [3.63, 3.8) is 0 Å². The first kappa shape index (κ1) is 19.7. The Labute approximate surface area is 167 Å². The summed E-state index contributed by atoms with van der Waals surface area (Å²) < 4.78 is 25.2. The SMILES string of the molecule is CS(=O)c1ccc(S(=O)c2c(Cl)cc(-n3ncc(=O)[nH]c3=O)cc2Cl)cc1. The Bertz CT molecular complexity index is 1170. The van der Waals surface area contributed by atoms with Gasteiger partial charge in [0.2, 0.25) is 0 Å². The highest BCUT2D eigenvalue weighted by molar-refractivity contribution is 7.85.